The lowest BCUT2D eigenvalue weighted by atomic mass is 9.90. The maximum absolute atomic E-state index is 11.3. The average Bonchev–Trinajstić information content (AvgIpc) is 2.01. The molecule has 0 amide bonds. The molecule has 1 rings (SSSR count). The molecule has 1 aliphatic carbocycles. The van der Waals surface area contributed by atoms with E-state index in [1.54, 1.807) is 0 Å². The van der Waals surface area contributed by atoms with Gasteiger partial charge in [0.1, 0.15) is 6.10 Å². The molecule has 0 aromatic rings. The molecular weight excluding hydrogens is 270 g/mol. The second-order valence-corrected chi connectivity index (χ2v) is 6.45. The molecule has 0 aromatic heterocycles. The number of Topliss-reactive ketones (excluding diaryl/α,β-unsaturated/α-hetero) is 1. The summed E-state index contributed by atoms with van der Waals surface area (Å²) in [6, 6.07) is 0. The van der Waals surface area contributed by atoms with Crippen LogP contribution >= 0.6 is 46.4 Å². The number of alkyl halides is 4. The van der Waals surface area contributed by atoms with E-state index in [2.05, 4.69) is 0 Å². The minimum Gasteiger partial charge on any atom is -0.371 e. The van der Waals surface area contributed by atoms with Gasteiger partial charge in [-0.25, -0.2) is 0 Å². The average molecular weight is 280 g/mol. The van der Waals surface area contributed by atoms with Crippen molar-refractivity contribution < 1.29 is 9.53 Å². The normalized spacial score (nSPS) is 25.2. The van der Waals surface area contributed by atoms with Gasteiger partial charge in [-0.2, -0.15) is 0 Å². The minimum atomic E-state index is -1.61. The monoisotopic (exact) mass is 278 g/mol. The van der Waals surface area contributed by atoms with Crippen LogP contribution in [0, 0.1) is 5.92 Å². The molecule has 0 heterocycles. The predicted octanol–water partition coefficient (Wildman–Crippen LogP) is 2.96. The van der Waals surface area contributed by atoms with Crippen molar-refractivity contribution in [2.75, 3.05) is 6.61 Å². The van der Waals surface area contributed by atoms with Crippen LogP contribution in [0.3, 0.4) is 0 Å². The number of carbonyl (C=O) groups is 1. The molecular formula is C8H10Cl4O2. The van der Waals surface area contributed by atoms with Crippen LogP contribution in [0.2, 0.25) is 0 Å². The van der Waals surface area contributed by atoms with Crippen molar-refractivity contribution in [1.29, 1.82) is 0 Å². The highest BCUT2D eigenvalue weighted by atomic mass is 35.5. The van der Waals surface area contributed by atoms with Crippen LogP contribution in [0.15, 0.2) is 0 Å². The summed E-state index contributed by atoms with van der Waals surface area (Å²) < 4.78 is 2.07. The number of ether oxygens (including phenoxy) is 1. The van der Waals surface area contributed by atoms with Gasteiger partial charge in [0, 0.05) is 6.61 Å². The van der Waals surface area contributed by atoms with Crippen LogP contribution in [-0.4, -0.2) is 27.2 Å². The predicted molar refractivity (Wildman–Crippen MR) is 58.5 cm³/mol. The Labute approximate surface area is 103 Å². The lowest BCUT2D eigenvalue weighted by Gasteiger charge is -2.47. The molecule has 1 saturated carbocycles. The maximum Gasteiger partial charge on any atom is 0.210 e. The zero-order valence-electron chi connectivity index (χ0n) is 7.69. The first-order chi connectivity index (χ1) is 6.20. The minimum absolute atomic E-state index is 0.291. The van der Waals surface area contributed by atoms with E-state index in [9.17, 15) is 4.79 Å². The standard InChI is InChI=1S/C8H10Cl4O2/c1-4(2)3-14-6-7(9,10)5(13)8(6,11)12/h4,6H,3H2,1-2H3. The first kappa shape index (κ1) is 12.9. The van der Waals surface area contributed by atoms with E-state index in [4.69, 9.17) is 51.1 Å². The summed E-state index contributed by atoms with van der Waals surface area (Å²) in [5.74, 6) is -0.329. The third kappa shape index (κ3) is 2.00. The highest BCUT2D eigenvalue weighted by Gasteiger charge is 2.71. The van der Waals surface area contributed by atoms with Crippen molar-refractivity contribution >= 4 is 52.2 Å². The van der Waals surface area contributed by atoms with Gasteiger partial charge in [0.25, 0.3) is 0 Å². The van der Waals surface area contributed by atoms with Crippen molar-refractivity contribution in [3.63, 3.8) is 0 Å². The molecule has 14 heavy (non-hydrogen) atoms. The molecule has 0 saturated heterocycles. The van der Waals surface area contributed by atoms with E-state index < -0.39 is 20.6 Å². The summed E-state index contributed by atoms with van der Waals surface area (Å²) in [4.78, 5) is 11.3. The van der Waals surface area contributed by atoms with E-state index in [1.807, 2.05) is 13.8 Å². The molecule has 0 atom stereocenters. The van der Waals surface area contributed by atoms with Crippen molar-refractivity contribution in [3.8, 4) is 0 Å². The first-order valence-corrected chi connectivity index (χ1v) is 5.64. The molecule has 0 aromatic carbocycles. The highest BCUT2D eigenvalue weighted by Crippen LogP contribution is 2.53. The molecule has 1 aliphatic rings. The Morgan fingerprint density at radius 1 is 1.29 bits per heavy atom. The topological polar surface area (TPSA) is 26.3 Å². The fraction of sp³-hybridized carbons (Fsp3) is 0.875. The molecule has 0 spiro atoms. The smallest absolute Gasteiger partial charge is 0.210 e. The van der Waals surface area contributed by atoms with Crippen LogP contribution in [0.4, 0.5) is 0 Å². The fourth-order valence-corrected chi connectivity index (χ4v) is 3.03. The third-order valence-corrected chi connectivity index (χ3v) is 3.34. The second-order valence-electron chi connectivity index (χ2n) is 3.68. The van der Waals surface area contributed by atoms with Crippen LogP contribution in [0.1, 0.15) is 13.8 Å². The largest absolute Gasteiger partial charge is 0.371 e. The number of rotatable bonds is 3. The Balaban J connectivity index is 2.64. The summed E-state index contributed by atoms with van der Waals surface area (Å²) in [6.07, 6.45) is -0.864. The fourth-order valence-electron chi connectivity index (χ4n) is 1.11. The SMILES string of the molecule is CC(C)COC1C(Cl)(Cl)C(=O)C1(Cl)Cl. The zero-order chi connectivity index (χ0) is 11.1. The summed E-state index contributed by atoms with van der Waals surface area (Å²) in [5.41, 5.74) is 0. The van der Waals surface area contributed by atoms with Gasteiger partial charge >= 0.3 is 0 Å². The Bertz CT molecular complexity index is 232. The Hall–Kier alpha value is 0.790. The van der Waals surface area contributed by atoms with Crippen molar-refractivity contribution in [2.24, 2.45) is 5.92 Å². The van der Waals surface area contributed by atoms with Gasteiger partial charge < -0.3 is 4.74 Å². The number of carbonyl (C=O) groups excluding carboxylic acids is 1. The molecule has 82 valence electrons. The quantitative estimate of drug-likeness (QED) is 0.743. The Morgan fingerprint density at radius 2 is 1.71 bits per heavy atom. The maximum atomic E-state index is 11.3. The van der Waals surface area contributed by atoms with E-state index in [0.29, 0.717) is 12.5 Å². The van der Waals surface area contributed by atoms with Gasteiger partial charge in [0.15, 0.2) is 0 Å². The van der Waals surface area contributed by atoms with E-state index in [1.165, 1.54) is 0 Å². The lowest BCUT2D eigenvalue weighted by Crippen LogP contribution is -2.69. The van der Waals surface area contributed by atoms with Crippen LogP contribution < -0.4 is 0 Å². The van der Waals surface area contributed by atoms with Crippen LogP contribution in [-0.2, 0) is 9.53 Å². The molecule has 0 unspecified atom stereocenters. The van der Waals surface area contributed by atoms with E-state index in [0.717, 1.165) is 0 Å². The number of hydrogen-bond donors (Lipinski definition) is 0. The Morgan fingerprint density at radius 3 is 2.07 bits per heavy atom. The number of halogens is 4. The van der Waals surface area contributed by atoms with Crippen LogP contribution in [0.25, 0.3) is 0 Å². The van der Waals surface area contributed by atoms with Crippen molar-refractivity contribution in [1.82, 2.24) is 0 Å². The van der Waals surface area contributed by atoms with Gasteiger partial charge in [-0.05, 0) is 5.92 Å². The molecule has 2 nitrogen and oxygen atoms in total. The number of ketones is 1. The van der Waals surface area contributed by atoms with Crippen molar-refractivity contribution in [3.05, 3.63) is 0 Å². The molecule has 0 radical (unpaired) electrons. The zero-order valence-corrected chi connectivity index (χ0v) is 10.7. The van der Waals surface area contributed by atoms with E-state index >= 15 is 0 Å². The molecule has 6 heteroatoms. The van der Waals surface area contributed by atoms with Crippen LogP contribution in [0.5, 0.6) is 0 Å². The highest BCUT2D eigenvalue weighted by molar-refractivity contribution is 6.74. The summed E-state index contributed by atoms with van der Waals surface area (Å²) >= 11 is 22.8. The summed E-state index contributed by atoms with van der Waals surface area (Å²) in [7, 11) is 0. The van der Waals surface area contributed by atoms with Gasteiger partial charge in [0.05, 0.1) is 0 Å². The molecule has 0 bridgehead atoms. The van der Waals surface area contributed by atoms with E-state index in [-0.39, 0.29) is 0 Å². The van der Waals surface area contributed by atoms with Crippen molar-refractivity contribution in [2.45, 2.75) is 28.6 Å². The van der Waals surface area contributed by atoms with Gasteiger partial charge in [-0.3, -0.25) is 4.79 Å². The first-order valence-electron chi connectivity index (χ1n) is 4.12. The van der Waals surface area contributed by atoms with Gasteiger partial charge in [0.2, 0.25) is 14.4 Å². The molecule has 0 aliphatic heterocycles. The molecule has 1 fully saturated rings. The second kappa shape index (κ2) is 3.99. The Kier molecular flexibility index (Phi) is 3.66. The molecule has 0 N–H and O–H groups in total. The summed E-state index contributed by atoms with van der Waals surface area (Å²) in [5, 5.41) is 0. The summed E-state index contributed by atoms with van der Waals surface area (Å²) in [6.45, 7) is 4.31. The van der Waals surface area contributed by atoms with Gasteiger partial charge in [-0.15, -0.1) is 0 Å². The number of hydrogen-bond acceptors (Lipinski definition) is 2. The third-order valence-electron chi connectivity index (χ3n) is 1.86. The van der Waals surface area contributed by atoms with Gasteiger partial charge in [-0.1, -0.05) is 60.3 Å². The lowest BCUT2D eigenvalue weighted by molar-refractivity contribution is -0.138.